The van der Waals surface area contributed by atoms with E-state index in [1.54, 1.807) is 11.1 Å². The third-order valence-corrected chi connectivity index (χ3v) is 5.29. The molecule has 1 saturated carbocycles. The maximum absolute atomic E-state index is 12.6. The summed E-state index contributed by atoms with van der Waals surface area (Å²) in [6.45, 7) is 1.27. The number of likely N-dealkylation sites (tertiary alicyclic amines) is 1. The van der Waals surface area contributed by atoms with E-state index in [4.69, 9.17) is 0 Å². The molecule has 2 aliphatic heterocycles. The van der Waals surface area contributed by atoms with Crippen molar-refractivity contribution in [3.8, 4) is 0 Å². The molecule has 1 aromatic rings. The van der Waals surface area contributed by atoms with E-state index in [-0.39, 0.29) is 24.0 Å². The van der Waals surface area contributed by atoms with E-state index in [2.05, 4.69) is 10.4 Å². The molecule has 118 valence electrons. The SMILES string of the molecule is CN1C(=O)N[C@@H]2CN(C(=O)c3cnn(C4CCC4)c3)CC[C@@H]21. The fraction of sp³-hybridized carbons (Fsp3) is 0.667. The van der Waals surface area contributed by atoms with Gasteiger partial charge in [0.05, 0.1) is 29.9 Å². The number of rotatable bonds is 2. The number of nitrogens with one attached hydrogen (secondary N) is 1. The van der Waals surface area contributed by atoms with Gasteiger partial charge in [-0.1, -0.05) is 0 Å². The van der Waals surface area contributed by atoms with Gasteiger partial charge in [0.2, 0.25) is 0 Å². The van der Waals surface area contributed by atoms with Crippen LogP contribution in [0.25, 0.3) is 0 Å². The highest BCUT2D eigenvalue weighted by Crippen LogP contribution is 2.31. The summed E-state index contributed by atoms with van der Waals surface area (Å²) < 4.78 is 1.93. The number of likely N-dealkylation sites (N-methyl/N-ethyl adjacent to an activating group) is 1. The average Bonchev–Trinajstić information content (AvgIpc) is 3.02. The van der Waals surface area contributed by atoms with Gasteiger partial charge in [-0.3, -0.25) is 9.48 Å². The molecule has 0 unspecified atom stereocenters. The smallest absolute Gasteiger partial charge is 0.317 e. The molecule has 7 heteroatoms. The van der Waals surface area contributed by atoms with Crippen LogP contribution in [0.15, 0.2) is 12.4 Å². The number of piperidine rings is 1. The third-order valence-electron chi connectivity index (χ3n) is 5.29. The second-order valence-electron chi connectivity index (χ2n) is 6.57. The summed E-state index contributed by atoms with van der Waals surface area (Å²) in [6.07, 6.45) is 7.92. The summed E-state index contributed by atoms with van der Waals surface area (Å²) in [5.74, 6) is 0.0211. The number of carbonyl (C=O) groups is 2. The molecule has 1 aromatic heterocycles. The summed E-state index contributed by atoms with van der Waals surface area (Å²) >= 11 is 0. The number of aromatic nitrogens is 2. The van der Waals surface area contributed by atoms with Gasteiger partial charge in [-0.2, -0.15) is 5.10 Å². The van der Waals surface area contributed by atoms with Crippen LogP contribution in [0.2, 0.25) is 0 Å². The number of hydrogen-bond acceptors (Lipinski definition) is 3. The van der Waals surface area contributed by atoms with E-state index in [1.807, 2.05) is 22.8 Å². The number of amides is 3. The Hall–Kier alpha value is -2.05. The second kappa shape index (κ2) is 5.00. The van der Waals surface area contributed by atoms with Crippen molar-refractivity contribution in [1.29, 1.82) is 0 Å². The van der Waals surface area contributed by atoms with Crippen LogP contribution in [0.5, 0.6) is 0 Å². The van der Waals surface area contributed by atoms with Crippen molar-refractivity contribution >= 4 is 11.9 Å². The second-order valence-corrected chi connectivity index (χ2v) is 6.57. The summed E-state index contributed by atoms with van der Waals surface area (Å²) in [5, 5.41) is 7.29. The van der Waals surface area contributed by atoms with Crippen LogP contribution in [-0.2, 0) is 0 Å². The Bertz CT molecular complexity index is 609. The molecule has 3 aliphatic rings. The van der Waals surface area contributed by atoms with Gasteiger partial charge in [-0.15, -0.1) is 0 Å². The van der Waals surface area contributed by atoms with E-state index in [0.717, 1.165) is 19.3 Å². The Labute approximate surface area is 129 Å². The zero-order valence-corrected chi connectivity index (χ0v) is 12.7. The van der Waals surface area contributed by atoms with Crippen molar-refractivity contribution < 1.29 is 9.59 Å². The summed E-state index contributed by atoms with van der Waals surface area (Å²) in [4.78, 5) is 27.9. The minimum Gasteiger partial charge on any atom is -0.336 e. The van der Waals surface area contributed by atoms with E-state index in [1.165, 1.54) is 6.42 Å². The first kappa shape index (κ1) is 13.6. The third kappa shape index (κ3) is 2.07. The van der Waals surface area contributed by atoms with Crippen LogP contribution in [-0.4, -0.2) is 63.7 Å². The first-order chi connectivity index (χ1) is 10.6. The number of urea groups is 1. The quantitative estimate of drug-likeness (QED) is 0.880. The van der Waals surface area contributed by atoms with Crippen molar-refractivity contribution in [2.45, 2.75) is 43.8 Å². The van der Waals surface area contributed by atoms with E-state index in [9.17, 15) is 9.59 Å². The van der Waals surface area contributed by atoms with Gasteiger partial charge in [0, 0.05) is 26.3 Å². The normalized spacial score (nSPS) is 28.3. The Morgan fingerprint density at radius 1 is 1.36 bits per heavy atom. The first-order valence-electron chi connectivity index (χ1n) is 8.00. The molecule has 2 atom stereocenters. The predicted molar refractivity (Wildman–Crippen MR) is 79.5 cm³/mol. The molecule has 0 bridgehead atoms. The van der Waals surface area contributed by atoms with Crippen molar-refractivity contribution in [3.63, 3.8) is 0 Å². The Balaban J connectivity index is 1.45. The monoisotopic (exact) mass is 303 g/mol. The topological polar surface area (TPSA) is 70.5 Å². The molecule has 3 heterocycles. The number of fused-ring (bicyclic) bond motifs is 1. The van der Waals surface area contributed by atoms with Gasteiger partial charge < -0.3 is 15.1 Å². The molecule has 7 nitrogen and oxygen atoms in total. The van der Waals surface area contributed by atoms with Crippen molar-refractivity contribution in [1.82, 2.24) is 24.9 Å². The Morgan fingerprint density at radius 3 is 2.91 bits per heavy atom. The van der Waals surface area contributed by atoms with E-state index < -0.39 is 0 Å². The minimum atomic E-state index is -0.0397. The lowest BCUT2D eigenvalue weighted by Crippen LogP contribution is -2.52. The molecule has 1 aliphatic carbocycles. The molecule has 1 N–H and O–H groups in total. The fourth-order valence-corrected chi connectivity index (χ4v) is 3.62. The lowest BCUT2D eigenvalue weighted by Gasteiger charge is -2.35. The van der Waals surface area contributed by atoms with Crippen molar-refractivity contribution in [2.24, 2.45) is 0 Å². The van der Waals surface area contributed by atoms with E-state index in [0.29, 0.717) is 24.7 Å². The highest BCUT2D eigenvalue weighted by molar-refractivity contribution is 5.94. The summed E-state index contributed by atoms with van der Waals surface area (Å²) in [5.41, 5.74) is 0.656. The maximum atomic E-state index is 12.6. The molecule has 0 radical (unpaired) electrons. The maximum Gasteiger partial charge on any atom is 0.317 e. The zero-order valence-electron chi connectivity index (χ0n) is 12.7. The largest absolute Gasteiger partial charge is 0.336 e. The van der Waals surface area contributed by atoms with Gasteiger partial charge >= 0.3 is 6.03 Å². The van der Waals surface area contributed by atoms with Crippen molar-refractivity contribution in [3.05, 3.63) is 18.0 Å². The van der Waals surface area contributed by atoms with Crippen LogP contribution in [0.1, 0.15) is 42.1 Å². The summed E-state index contributed by atoms with van der Waals surface area (Å²) in [6, 6.07) is 0.670. The van der Waals surface area contributed by atoms with Crippen molar-refractivity contribution in [2.75, 3.05) is 20.1 Å². The Kier molecular flexibility index (Phi) is 3.09. The van der Waals surface area contributed by atoms with Gasteiger partial charge in [-0.25, -0.2) is 4.79 Å². The highest BCUT2D eigenvalue weighted by atomic mass is 16.2. The average molecular weight is 303 g/mol. The Morgan fingerprint density at radius 2 is 2.18 bits per heavy atom. The van der Waals surface area contributed by atoms with Gasteiger partial charge in [0.1, 0.15) is 0 Å². The molecule has 3 fully saturated rings. The van der Waals surface area contributed by atoms with E-state index >= 15 is 0 Å². The first-order valence-corrected chi connectivity index (χ1v) is 8.00. The van der Waals surface area contributed by atoms with Gasteiger partial charge in [-0.05, 0) is 25.7 Å². The van der Waals surface area contributed by atoms with Crippen LogP contribution >= 0.6 is 0 Å². The fourth-order valence-electron chi connectivity index (χ4n) is 3.62. The van der Waals surface area contributed by atoms with Gasteiger partial charge in [0.25, 0.3) is 5.91 Å². The van der Waals surface area contributed by atoms with Crippen LogP contribution in [0, 0.1) is 0 Å². The summed E-state index contributed by atoms with van der Waals surface area (Å²) in [7, 11) is 1.82. The van der Waals surface area contributed by atoms with Crippen LogP contribution in [0.4, 0.5) is 4.79 Å². The highest BCUT2D eigenvalue weighted by Gasteiger charge is 2.41. The zero-order chi connectivity index (χ0) is 15.3. The molecule has 0 spiro atoms. The molecule has 22 heavy (non-hydrogen) atoms. The lowest BCUT2D eigenvalue weighted by molar-refractivity contribution is 0.0666. The standard InChI is InChI=1S/C15H21N5O2/c1-18-13-5-6-19(9-12(13)17-15(18)22)14(21)10-7-16-20(8-10)11-3-2-4-11/h7-8,11-13H,2-6,9H2,1H3,(H,17,22)/t12-,13+/m1/s1. The lowest BCUT2D eigenvalue weighted by atomic mass is 9.93. The molecule has 2 saturated heterocycles. The number of carbonyl (C=O) groups excluding carboxylic acids is 2. The molecule has 0 aromatic carbocycles. The van der Waals surface area contributed by atoms with Crippen LogP contribution < -0.4 is 5.32 Å². The minimum absolute atomic E-state index is 0.0211. The molecular formula is C15H21N5O2. The molecule has 3 amide bonds. The number of nitrogens with zero attached hydrogens (tertiary/aromatic N) is 4. The van der Waals surface area contributed by atoms with Crippen LogP contribution in [0.3, 0.4) is 0 Å². The predicted octanol–water partition coefficient (Wildman–Crippen LogP) is 0.846. The van der Waals surface area contributed by atoms with Gasteiger partial charge in [0.15, 0.2) is 0 Å². The molecule has 4 rings (SSSR count). The molecular weight excluding hydrogens is 282 g/mol. The number of hydrogen-bond donors (Lipinski definition) is 1.